The van der Waals surface area contributed by atoms with Gasteiger partial charge in [0.2, 0.25) is 5.91 Å². The van der Waals surface area contributed by atoms with Crippen LogP contribution in [0, 0.1) is 0 Å². The third kappa shape index (κ3) is 53.8. The molecule has 0 bridgehead atoms. The predicted molar refractivity (Wildman–Crippen MR) is 292 cm³/mol. The predicted octanol–water partition coefficient (Wildman–Crippen LogP) is 18.9. The molecule has 0 aliphatic rings. The number of hydrogen-bond acceptors (Lipinski definition) is 5. The maximum atomic E-state index is 12.5. The van der Waals surface area contributed by atoms with Crippen molar-refractivity contribution in [1.29, 1.82) is 0 Å². The highest BCUT2D eigenvalue weighted by atomic mass is 16.5. The molecule has 0 aromatic heterocycles. The molecule has 0 fully saturated rings. The van der Waals surface area contributed by atoms with Crippen LogP contribution in [-0.2, 0) is 14.3 Å². The van der Waals surface area contributed by atoms with Gasteiger partial charge >= 0.3 is 5.97 Å². The van der Waals surface area contributed by atoms with Crippen molar-refractivity contribution >= 4 is 11.9 Å². The van der Waals surface area contributed by atoms with Crippen LogP contribution in [0.1, 0.15) is 341 Å². The molecule has 0 heterocycles. The van der Waals surface area contributed by atoms with E-state index in [0.717, 1.165) is 77.0 Å². The van der Waals surface area contributed by atoms with E-state index in [1.165, 1.54) is 231 Å². The van der Waals surface area contributed by atoms with Crippen LogP contribution in [0.4, 0.5) is 0 Å². The zero-order chi connectivity index (χ0) is 48.6. The van der Waals surface area contributed by atoms with Crippen molar-refractivity contribution in [2.45, 2.75) is 353 Å². The second kappa shape index (κ2) is 57.2. The molecule has 0 aliphatic carbocycles. The van der Waals surface area contributed by atoms with E-state index in [9.17, 15) is 19.8 Å². The van der Waals surface area contributed by atoms with E-state index in [4.69, 9.17) is 4.74 Å². The van der Waals surface area contributed by atoms with Gasteiger partial charge < -0.3 is 20.3 Å². The van der Waals surface area contributed by atoms with Crippen molar-refractivity contribution in [2.24, 2.45) is 0 Å². The standard InChI is InChI=1S/C61H119NO5/c1-3-5-7-9-11-13-15-17-19-21-23-25-27-29-33-37-41-45-49-53-59(64)58(57-63)62-60(65)54-50-46-42-38-34-31-32-36-40-44-48-52-56-67-61(66)55-51-47-43-39-35-30-28-26-24-22-20-18-16-14-12-10-8-6-4-2/h32,36,58-59,63-64H,3-31,33-35,37-57H2,1-2H3,(H,62,65)/b36-32-. The summed E-state index contributed by atoms with van der Waals surface area (Å²) in [7, 11) is 0. The Labute approximate surface area is 419 Å². The van der Waals surface area contributed by atoms with Gasteiger partial charge in [0.05, 0.1) is 25.4 Å². The van der Waals surface area contributed by atoms with Gasteiger partial charge in [-0.25, -0.2) is 0 Å². The number of amides is 1. The fraction of sp³-hybridized carbons (Fsp3) is 0.934. The maximum Gasteiger partial charge on any atom is 0.305 e. The van der Waals surface area contributed by atoms with E-state index in [2.05, 4.69) is 31.3 Å². The molecular formula is C61H119NO5. The molecule has 398 valence electrons. The highest BCUT2D eigenvalue weighted by Gasteiger charge is 2.20. The fourth-order valence-electron chi connectivity index (χ4n) is 9.64. The number of nitrogens with one attached hydrogen (secondary N) is 1. The van der Waals surface area contributed by atoms with E-state index in [-0.39, 0.29) is 18.5 Å². The zero-order valence-corrected chi connectivity index (χ0v) is 45.4. The van der Waals surface area contributed by atoms with Gasteiger partial charge in [0.25, 0.3) is 0 Å². The van der Waals surface area contributed by atoms with Crippen LogP contribution in [-0.4, -0.2) is 47.4 Å². The number of carbonyl (C=O) groups is 2. The number of allylic oxidation sites excluding steroid dienone is 2. The first-order valence-electron chi connectivity index (χ1n) is 30.4. The van der Waals surface area contributed by atoms with Crippen molar-refractivity contribution in [3.63, 3.8) is 0 Å². The molecule has 2 atom stereocenters. The second-order valence-electron chi connectivity index (χ2n) is 21.0. The summed E-state index contributed by atoms with van der Waals surface area (Å²) in [6, 6.07) is -0.560. The monoisotopic (exact) mass is 946 g/mol. The van der Waals surface area contributed by atoms with Gasteiger partial charge in [0.15, 0.2) is 0 Å². The van der Waals surface area contributed by atoms with Crippen molar-refractivity contribution in [3.05, 3.63) is 12.2 Å². The number of carbonyl (C=O) groups excluding carboxylic acids is 2. The lowest BCUT2D eigenvalue weighted by Crippen LogP contribution is -2.45. The quantitative estimate of drug-likeness (QED) is 0.0321. The van der Waals surface area contributed by atoms with E-state index in [1.807, 2.05) is 0 Å². The zero-order valence-electron chi connectivity index (χ0n) is 45.4. The van der Waals surface area contributed by atoms with Gasteiger partial charge in [-0.05, 0) is 57.8 Å². The number of aliphatic hydroxyl groups is 2. The number of hydrogen-bond donors (Lipinski definition) is 3. The van der Waals surface area contributed by atoms with Crippen LogP contribution >= 0.6 is 0 Å². The molecule has 0 aromatic carbocycles. The molecule has 0 saturated carbocycles. The third-order valence-electron chi connectivity index (χ3n) is 14.3. The van der Waals surface area contributed by atoms with Crippen LogP contribution in [0.15, 0.2) is 12.2 Å². The molecule has 67 heavy (non-hydrogen) atoms. The molecule has 0 spiro atoms. The smallest absolute Gasteiger partial charge is 0.305 e. The highest BCUT2D eigenvalue weighted by molar-refractivity contribution is 5.76. The fourth-order valence-corrected chi connectivity index (χ4v) is 9.64. The Morgan fingerprint density at radius 3 is 1.06 bits per heavy atom. The minimum absolute atomic E-state index is 0.0169. The minimum atomic E-state index is -0.680. The Bertz CT molecular complexity index is 1000. The molecule has 0 rings (SSSR count). The molecule has 0 aromatic rings. The minimum Gasteiger partial charge on any atom is -0.466 e. The summed E-state index contributed by atoms with van der Waals surface area (Å²) in [4.78, 5) is 24.6. The molecule has 0 radical (unpaired) electrons. The largest absolute Gasteiger partial charge is 0.466 e. The van der Waals surface area contributed by atoms with E-state index < -0.39 is 12.1 Å². The van der Waals surface area contributed by atoms with Crippen molar-refractivity contribution in [2.75, 3.05) is 13.2 Å². The number of ether oxygens (including phenoxy) is 1. The topological polar surface area (TPSA) is 95.9 Å². The average molecular weight is 947 g/mol. The average Bonchev–Trinajstić information content (AvgIpc) is 3.33. The molecule has 3 N–H and O–H groups in total. The lowest BCUT2D eigenvalue weighted by atomic mass is 10.0. The van der Waals surface area contributed by atoms with E-state index in [0.29, 0.717) is 25.9 Å². The van der Waals surface area contributed by atoms with Gasteiger partial charge in [-0.1, -0.05) is 283 Å². The first-order valence-corrected chi connectivity index (χ1v) is 30.4. The number of aliphatic hydroxyl groups excluding tert-OH is 2. The van der Waals surface area contributed by atoms with Crippen LogP contribution in [0.5, 0.6) is 0 Å². The summed E-state index contributed by atoms with van der Waals surface area (Å²) in [5, 5.41) is 23.3. The SMILES string of the molecule is CCCCCCCCCCCCCCCCCCCCCC(=O)OCCCCC/C=C\CCCCCCCC(=O)NC(CO)C(O)CCCCCCCCCCCCCCCCCCCCC. The molecular weight excluding hydrogens is 827 g/mol. The molecule has 1 amide bonds. The highest BCUT2D eigenvalue weighted by Crippen LogP contribution is 2.18. The summed E-state index contributed by atoms with van der Waals surface area (Å²) in [6.07, 6.45) is 67.8. The Kier molecular flexibility index (Phi) is 56.0. The lowest BCUT2D eigenvalue weighted by Gasteiger charge is -2.22. The molecule has 6 heteroatoms. The van der Waals surface area contributed by atoms with Gasteiger partial charge in [0, 0.05) is 12.8 Å². The van der Waals surface area contributed by atoms with E-state index >= 15 is 0 Å². The van der Waals surface area contributed by atoms with Crippen LogP contribution in [0.3, 0.4) is 0 Å². The number of rotatable bonds is 57. The van der Waals surface area contributed by atoms with Crippen LogP contribution in [0.25, 0.3) is 0 Å². The van der Waals surface area contributed by atoms with Gasteiger partial charge in [-0.2, -0.15) is 0 Å². The molecule has 0 aliphatic heterocycles. The van der Waals surface area contributed by atoms with E-state index in [1.54, 1.807) is 0 Å². The van der Waals surface area contributed by atoms with Gasteiger partial charge in [-0.3, -0.25) is 9.59 Å². The summed E-state index contributed by atoms with van der Waals surface area (Å²) < 4.78 is 5.47. The first kappa shape index (κ1) is 65.6. The van der Waals surface area contributed by atoms with Crippen molar-refractivity contribution < 1.29 is 24.5 Å². The molecule has 2 unspecified atom stereocenters. The maximum absolute atomic E-state index is 12.5. The number of unbranched alkanes of at least 4 members (excludes halogenated alkanes) is 44. The van der Waals surface area contributed by atoms with Gasteiger partial charge in [-0.15, -0.1) is 0 Å². The summed E-state index contributed by atoms with van der Waals surface area (Å²) in [5.74, 6) is -0.0739. The summed E-state index contributed by atoms with van der Waals surface area (Å²) in [6.45, 7) is 4.93. The Balaban J connectivity index is 3.46. The first-order chi connectivity index (χ1) is 33.0. The second-order valence-corrected chi connectivity index (χ2v) is 21.0. The Morgan fingerprint density at radius 1 is 0.403 bits per heavy atom. The van der Waals surface area contributed by atoms with Crippen LogP contribution < -0.4 is 5.32 Å². The lowest BCUT2D eigenvalue weighted by molar-refractivity contribution is -0.143. The third-order valence-corrected chi connectivity index (χ3v) is 14.3. The van der Waals surface area contributed by atoms with Gasteiger partial charge in [0.1, 0.15) is 0 Å². The number of esters is 1. The Hall–Kier alpha value is -1.40. The van der Waals surface area contributed by atoms with Crippen molar-refractivity contribution in [1.82, 2.24) is 5.32 Å². The summed E-state index contributed by atoms with van der Waals surface area (Å²) in [5.41, 5.74) is 0. The Morgan fingerprint density at radius 2 is 0.701 bits per heavy atom. The summed E-state index contributed by atoms with van der Waals surface area (Å²) >= 11 is 0. The van der Waals surface area contributed by atoms with Crippen LogP contribution in [0.2, 0.25) is 0 Å². The van der Waals surface area contributed by atoms with Crippen molar-refractivity contribution in [3.8, 4) is 0 Å². The molecule has 0 saturated heterocycles. The normalized spacial score (nSPS) is 12.6. The molecule has 6 nitrogen and oxygen atoms in total.